The first-order valence-electron chi connectivity index (χ1n) is 7.38. The molecule has 1 aliphatic rings. The van der Waals surface area contributed by atoms with E-state index < -0.39 is 5.97 Å². The van der Waals surface area contributed by atoms with E-state index in [0.717, 1.165) is 24.0 Å². The van der Waals surface area contributed by atoms with Crippen LogP contribution in [0.15, 0.2) is 24.3 Å². The summed E-state index contributed by atoms with van der Waals surface area (Å²) in [5.74, 6) is -0.976. The zero-order valence-electron chi connectivity index (χ0n) is 12.3. The van der Waals surface area contributed by atoms with Crippen LogP contribution in [0.1, 0.15) is 36.8 Å². The molecule has 2 rings (SSSR count). The minimum Gasteiger partial charge on any atom is -0.481 e. The lowest BCUT2D eigenvalue weighted by atomic mass is 9.86. The predicted molar refractivity (Wildman–Crippen MR) is 79.9 cm³/mol. The number of aryl methyl sites for hydroxylation is 1. The van der Waals surface area contributed by atoms with Gasteiger partial charge in [-0.15, -0.1) is 0 Å². The second kappa shape index (κ2) is 7.11. The van der Waals surface area contributed by atoms with Gasteiger partial charge in [0.25, 0.3) is 0 Å². The first kappa shape index (κ1) is 15.4. The molecule has 0 aliphatic heterocycles. The molecule has 21 heavy (non-hydrogen) atoms. The van der Waals surface area contributed by atoms with Crippen molar-refractivity contribution in [2.24, 2.45) is 5.92 Å². The number of hydrogen-bond acceptors (Lipinski definition) is 2. The van der Waals surface area contributed by atoms with Crippen molar-refractivity contribution >= 4 is 12.0 Å². The van der Waals surface area contributed by atoms with Gasteiger partial charge in [0.2, 0.25) is 0 Å². The Morgan fingerprint density at radius 1 is 1.19 bits per heavy atom. The third-order valence-corrected chi connectivity index (χ3v) is 4.11. The monoisotopic (exact) mass is 290 g/mol. The quantitative estimate of drug-likeness (QED) is 0.797. The molecule has 5 heteroatoms. The SMILES string of the molecule is Cc1ccccc1CNC(=O)NC1CCC(C(=O)O)CC1. The lowest BCUT2D eigenvalue weighted by Gasteiger charge is -2.26. The van der Waals surface area contributed by atoms with Crippen LogP contribution in [0.2, 0.25) is 0 Å². The Hall–Kier alpha value is -2.04. The standard InChI is InChI=1S/C16H22N2O3/c1-11-4-2-3-5-13(11)10-17-16(21)18-14-8-6-12(7-9-14)15(19)20/h2-5,12,14H,6-10H2,1H3,(H,19,20)(H2,17,18,21). The van der Waals surface area contributed by atoms with Gasteiger partial charge in [0, 0.05) is 12.6 Å². The van der Waals surface area contributed by atoms with Crippen LogP contribution < -0.4 is 10.6 Å². The zero-order valence-corrected chi connectivity index (χ0v) is 12.3. The molecule has 0 heterocycles. The molecule has 1 fully saturated rings. The second-order valence-electron chi connectivity index (χ2n) is 5.64. The highest BCUT2D eigenvalue weighted by molar-refractivity contribution is 5.74. The maximum atomic E-state index is 11.9. The minimum atomic E-state index is -0.725. The number of carbonyl (C=O) groups excluding carboxylic acids is 1. The van der Waals surface area contributed by atoms with Crippen LogP contribution in [0.4, 0.5) is 4.79 Å². The lowest BCUT2D eigenvalue weighted by molar-refractivity contribution is -0.142. The molecule has 0 bridgehead atoms. The van der Waals surface area contributed by atoms with Gasteiger partial charge in [0.1, 0.15) is 0 Å². The molecule has 3 N–H and O–H groups in total. The topological polar surface area (TPSA) is 78.4 Å². The summed E-state index contributed by atoms with van der Waals surface area (Å²) < 4.78 is 0. The van der Waals surface area contributed by atoms with Crippen molar-refractivity contribution in [1.82, 2.24) is 10.6 Å². The molecule has 1 aromatic carbocycles. The molecule has 2 amide bonds. The molecule has 0 atom stereocenters. The first-order chi connectivity index (χ1) is 10.1. The average molecular weight is 290 g/mol. The average Bonchev–Trinajstić information content (AvgIpc) is 2.47. The van der Waals surface area contributed by atoms with E-state index in [1.807, 2.05) is 31.2 Å². The molecule has 0 radical (unpaired) electrons. The summed E-state index contributed by atoms with van der Waals surface area (Å²) in [5, 5.41) is 14.7. The van der Waals surface area contributed by atoms with Crippen molar-refractivity contribution in [1.29, 1.82) is 0 Å². The highest BCUT2D eigenvalue weighted by atomic mass is 16.4. The Morgan fingerprint density at radius 3 is 2.48 bits per heavy atom. The first-order valence-corrected chi connectivity index (χ1v) is 7.38. The summed E-state index contributed by atoms with van der Waals surface area (Å²) in [4.78, 5) is 22.7. The number of nitrogens with one attached hydrogen (secondary N) is 2. The molecule has 0 unspecified atom stereocenters. The normalized spacial score (nSPS) is 21.6. The van der Waals surface area contributed by atoms with Gasteiger partial charge in [-0.25, -0.2) is 4.79 Å². The third kappa shape index (κ3) is 4.48. The Bertz CT molecular complexity index is 508. The van der Waals surface area contributed by atoms with Crippen molar-refractivity contribution in [3.05, 3.63) is 35.4 Å². The van der Waals surface area contributed by atoms with E-state index in [0.29, 0.717) is 19.4 Å². The fourth-order valence-electron chi connectivity index (χ4n) is 2.71. The molecule has 0 saturated heterocycles. The van der Waals surface area contributed by atoms with Gasteiger partial charge in [-0.05, 0) is 43.7 Å². The molecular weight excluding hydrogens is 268 g/mol. The summed E-state index contributed by atoms with van der Waals surface area (Å²) in [6.45, 7) is 2.52. The van der Waals surface area contributed by atoms with E-state index >= 15 is 0 Å². The number of carboxylic acid groups (broad SMARTS) is 1. The van der Waals surface area contributed by atoms with Gasteiger partial charge in [-0.1, -0.05) is 24.3 Å². The van der Waals surface area contributed by atoms with E-state index in [2.05, 4.69) is 10.6 Å². The van der Waals surface area contributed by atoms with Gasteiger partial charge in [0.05, 0.1) is 5.92 Å². The molecule has 1 saturated carbocycles. The van der Waals surface area contributed by atoms with E-state index in [1.54, 1.807) is 0 Å². The highest BCUT2D eigenvalue weighted by Gasteiger charge is 2.26. The predicted octanol–water partition coefficient (Wildman–Crippen LogP) is 2.44. The van der Waals surface area contributed by atoms with Gasteiger partial charge in [-0.3, -0.25) is 4.79 Å². The van der Waals surface area contributed by atoms with E-state index in [1.165, 1.54) is 0 Å². The van der Waals surface area contributed by atoms with Crippen molar-refractivity contribution in [3.8, 4) is 0 Å². The van der Waals surface area contributed by atoms with Crippen molar-refractivity contribution in [3.63, 3.8) is 0 Å². The van der Waals surface area contributed by atoms with Crippen LogP contribution in [0.5, 0.6) is 0 Å². The number of amides is 2. The molecule has 0 spiro atoms. The zero-order chi connectivity index (χ0) is 15.2. The fraction of sp³-hybridized carbons (Fsp3) is 0.500. The molecule has 114 valence electrons. The van der Waals surface area contributed by atoms with Crippen LogP contribution in [-0.4, -0.2) is 23.1 Å². The van der Waals surface area contributed by atoms with Crippen molar-refractivity contribution in [2.75, 3.05) is 0 Å². The molecule has 5 nitrogen and oxygen atoms in total. The van der Waals surface area contributed by atoms with Gasteiger partial charge >= 0.3 is 12.0 Å². The molecular formula is C16H22N2O3. The maximum Gasteiger partial charge on any atom is 0.315 e. The Morgan fingerprint density at radius 2 is 1.86 bits per heavy atom. The number of aliphatic carboxylic acids is 1. The Labute approximate surface area is 124 Å². The molecule has 1 aliphatic carbocycles. The van der Waals surface area contributed by atoms with E-state index in [4.69, 9.17) is 5.11 Å². The summed E-state index contributed by atoms with van der Waals surface area (Å²) in [6.07, 6.45) is 2.74. The summed E-state index contributed by atoms with van der Waals surface area (Å²) >= 11 is 0. The van der Waals surface area contributed by atoms with Crippen LogP contribution in [0.3, 0.4) is 0 Å². The Balaban J connectivity index is 1.73. The van der Waals surface area contributed by atoms with E-state index in [-0.39, 0.29) is 18.0 Å². The van der Waals surface area contributed by atoms with Crippen LogP contribution in [0, 0.1) is 12.8 Å². The van der Waals surface area contributed by atoms with Crippen LogP contribution in [0.25, 0.3) is 0 Å². The summed E-state index contributed by atoms with van der Waals surface area (Å²) in [6, 6.07) is 7.83. The summed E-state index contributed by atoms with van der Waals surface area (Å²) in [7, 11) is 0. The minimum absolute atomic E-state index is 0.0810. The largest absolute Gasteiger partial charge is 0.481 e. The van der Waals surface area contributed by atoms with Crippen LogP contribution in [-0.2, 0) is 11.3 Å². The van der Waals surface area contributed by atoms with Gasteiger partial charge in [0.15, 0.2) is 0 Å². The fourth-order valence-corrected chi connectivity index (χ4v) is 2.71. The smallest absolute Gasteiger partial charge is 0.315 e. The van der Waals surface area contributed by atoms with Crippen molar-refractivity contribution in [2.45, 2.75) is 45.2 Å². The van der Waals surface area contributed by atoms with E-state index in [9.17, 15) is 9.59 Å². The third-order valence-electron chi connectivity index (χ3n) is 4.11. The molecule has 0 aromatic heterocycles. The number of hydrogen-bond donors (Lipinski definition) is 3. The lowest BCUT2D eigenvalue weighted by Crippen LogP contribution is -2.43. The van der Waals surface area contributed by atoms with Crippen LogP contribution >= 0.6 is 0 Å². The number of urea groups is 1. The van der Waals surface area contributed by atoms with Crippen molar-refractivity contribution < 1.29 is 14.7 Å². The highest BCUT2D eigenvalue weighted by Crippen LogP contribution is 2.24. The van der Waals surface area contributed by atoms with Gasteiger partial charge < -0.3 is 15.7 Å². The number of carbonyl (C=O) groups is 2. The number of benzene rings is 1. The second-order valence-corrected chi connectivity index (χ2v) is 5.64. The Kier molecular flexibility index (Phi) is 5.20. The number of carboxylic acids is 1. The number of rotatable bonds is 4. The molecule has 1 aromatic rings. The summed E-state index contributed by atoms with van der Waals surface area (Å²) in [5.41, 5.74) is 2.25. The maximum absolute atomic E-state index is 11.9. The van der Waals surface area contributed by atoms with Gasteiger partial charge in [-0.2, -0.15) is 0 Å².